The molecule has 0 aliphatic carbocycles. The molecule has 2 N–H and O–H groups in total. The lowest BCUT2D eigenvalue weighted by Crippen LogP contribution is -2.41. The number of aromatic nitrogens is 5. The van der Waals surface area contributed by atoms with Gasteiger partial charge in [-0.1, -0.05) is 30.3 Å². The highest BCUT2D eigenvalue weighted by molar-refractivity contribution is 5.71. The van der Waals surface area contributed by atoms with Crippen LogP contribution in [0.5, 0.6) is 0 Å². The van der Waals surface area contributed by atoms with Crippen molar-refractivity contribution >= 4 is 18.0 Å². The van der Waals surface area contributed by atoms with Gasteiger partial charge >= 0.3 is 0 Å². The van der Waals surface area contributed by atoms with Crippen LogP contribution in [-0.2, 0) is 0 Å². The number of hydrogen-bond donors (Lipinski definition) is 2. The van der Waals surface area contributed by atoms with E-state index in [0.717, 1.165) is 48.6 Å². The van der Waals surface area contributed by atoms with Crippen LogP contribution in [0.1, 0.15) is 24.2 Å². The molecule has 1 aromatic carbocycles. The zero-order chi connectivity index (χ0) is 18.5. The molecule has 0 unspecified atom stereocenters. The Balaban J connectivity index is 1.55. The van der Waals surface area contributed by atoms with Gasteiger partial charge in [0.05, 0.1) is 5.69 Å². The van der Waals surface area contributed by atoms with Crippen LogP contribution in [0.3, 0.4) is 0 Å². The van der Waals surface area contributed by atoms with Crippen molar-refractivity contribution in [3.8, 4) is 11.3 Å². The fraction of sp³-hybridized carbons (Fsp3) is 0.300. The van der Waals surface area contributed by atoms with Crippen LogP contribution < -0.4 is 10.2 Å². The maximum Gasteiger partial charge on any atom is 0.197 e. The maximum absolute atomic E-state index is 4.91. The number of piperidine rings is 1. The third kappa shape index (κ3) is 4.20. The Labute approximate surface area is 158 Å². The van der Waals surface area contributed by atoms with Crippen LogP contribution in [0.25, 0.3) is 23.4 Å². The maximum atomic E-state index is 4.91. The van der Waals surface area contributed by atoms with E-state index in [0.29, 0.717) is 11.9 Å². The molecule has 1 saturated heterocycles. The summed E-state index contributed by atoms with van der Waals surface area (Å²) >= 11 is 0. The van der Waals surface area contributed by atoms with Crippen LogP contribution >= 0.6 is 0 Å². The minimum absolute atomic E-state index is 0.540. The van der Waals surface area contributed by atoms with E-state index in [1.54, 1.807) is 0 Å². The molecule has 1 aliphatic heterocycles. The summed E-state index contributed by atoms with van der Waals surface area (Å²) in [7, 11) is 2.15. The monoisotopic (exact) mass is 361 g/mol. The summed E-state index contributed by atoms with van der Waals surface area (Å²) in [6.45, 7) is 2.15. The Kier molecular flexibility index (Phi) is 5.20. The molecule has 1 fully saturated rings. The molecule has 3 aromatic rings. The lowest BCUT2D eigenvalue weighted by molar-refractivity contribution is 0.442. The number of tetrazole rings is 1. The fourth-order valence-electron chi connectivity index (χ4n) is 3.37. The van der Waals surface area contributed by atoms with E-state index in [9.17, 15) is 0 Å². The van der Waals surface area contributed by atoms with Gasteiger partial charge in [-0.25, -0.2) is 4.98 Å². The predicted molar refractivity (Wildman–Crippen MR) is 107 cm³/mol. The lowest BCUT2D eigenvalue weighted by Gasteiger charge is -2.32. The summed E-state index contributed by atoms with van der Waals surface area (Å²) in [5.74, 6) is 1.58. The molecule has 138 valence electrons. The van der Waals surface area contributed by atoms with Gasteiger partial charge in [0.25, 0.3) is 0 Å². The first kappa shape index (κ1) is 17.4. The Bertz CT molecular complexity index is 898. The topological polar surface area (TPSA) is 82.6 Å². The quantitative estimate of drug-likeness (QED) is 0.727. The van der Waals surface area contributed by atoms with Crippen LogP contribution in [0.15, 0.2) is 42.5 Å². The molecule has 0 atom stereocenters. The van der Waals surface area contributed by atoms with Crippen LogP contribution in [0, 0.1) is 0 Å². The number of H-pyrrole nitrogens is 1. The largest absolute Gasteiger partial charge is 0.357 e. The van der Waals surface area contributed by atoms with E-state index in [-0.39, 0.29) is 0 Å². The number of anilines is 1. The summed E-state index contributed by atoms with van der Waals surface area (Å²) in [6, 6.07) is 15.1. The first-order valence-corrected chi connectivity index (χ1v) is 9.22. The van der Waals surface area contributed by atoms with Gasteiger partial charge in [0.15, 0.2) is 5.82 Å². The Morgan fingerprint density at radius 2 is 1.93 bits per heavy atom. The SMILES string of the molecule is CN(c1cccc(-c2cccc(C=Cc3nn[nH]n3)c2)n1)C1CCNCC1. The Morgan fingerprint density at radius 1 is 1.07 bits per heavy atom. The average molecular weight is 361 g/mol. The molecular formula is C20H23N7. The number of nitrogens with zero attached hydrogens (tertiary/aromatic N) is 5. The summed E-state index contributed by atoms with van der Waals surface area (Å²) in [4.78, 5) is 7.22. The number of benzene rings is 1. The summed E-state index contributed by atoms with van der Waals surface area (Å²) in [5.41, 5.74) is 3.13. The third-order valence-electron chi connectivity index (χ3n) is 4.92. The molecule has 0 saturated carbocycles. The highest BCUT2D eigenvalue weighted by Gasteiger charge is 2.19. The zero-order valence-corrected chi connectivity index (χ0v) is 15.3. The molecule has 1 aliphatic rings. The minimum Gasteiger partial charge on any atom is -0.357 e. The van der Waals surface area contributed by atoms with Gasteiger partial charge in [0.2, 0.25) is 0 Å². The second kappa shape index (κ2) is 8.09. The number of pyridine rings is 1. The summed E-state index contributed by atoms with van der Waals surface area (Å²) < 4.78 is 0. The van der Waals surface area contributed by atoms with E-state index in [4.69, 9.17) is 4.98 Å². The first-order chi connectivity index (χ1) is 13.3. The molecule has 3 heterocycles. The predicted octanol–water partition coefficient (Wildman–Crippen LogP) is 2.62. The van der Waals surface area contributed by atoms with Crippen molar-refractivity contribution in [3.63, 3.8) is 0 Å². The third-order valence-corrected chi connectivity index (χ3v) is 4.92. The van der Waals surface area contributed by atoms with Crippen molar-refractivity contribution in [2.45, 2.75) is 18.9 Å². The summed E-state index contributed by atoms with van der Waals surface area (Å²) in [5, 5.41) is 17.3. The number of hydrogen-bond acceptors (Lipinski definition) is 6. The second-order valence-electron chi connectivity index (χ2n) is 6.70. The summed E-state index contributed by atoms with van der Waals surface area (Å²) in [6.07, 6.45) is 6.11. The average Bonchev–Trinajstić information content (AvgIpc) is 3.26. The molecule has 7 heteroatoms. The van der Waals surface area contributed by atoms with Gasteiger partial charge in [-0.05, 0) is 61.0 Å². The Morgan fingerprint density at radius 3 is 2.74 bits per heavy atom. The molecule has 0 spiro atoms. The van der Waals surface area contributed by atoms with Gasteiger partial charge in [-0.15, -0.1) is 10.2 Å². The lowest BCUT2D eigenvalue weighted by atomic mass is 10.0. The number of aromatic amines is 1. The van der Waals surface area contributed by atoms with E-state index in [1.165, 1.54) is 0 Å². The van der Waals surface area contributed by atoms with Gasteiger partial charge in [-0.2, -0.15) is 5.21 Å². The van der Waals surface area contributed by atoms with Crippen molar-refractivity contribution in [1.29, 1.82) is 0 Å². The van der Waals surface area contributed by atoms with Gasteiger partial charge in [0.1, 0.15) is 5.82 Å². The van der Waals surface area contributed by atoms with Crippen LogP contribution in [0.4, 0.5) is 5.82 Å². The molecule has 2 aromatic heterocycles. The number of nitrogens with one attached hydrogen (secondary N) is 2. The zero-order valence-electron chi connectivity index (χ0n) is 15.3. The van der Waals surface area contributed by atoms with Crippen molar-refractivity contribution in [3.05, 3.63) is 53.9 Å². The van der Waals surface area contributed by atoms with Crippen molar-refractivity contribution in [2.75, 3.05) is 25.0 Å². The molecule has 0 amide bonds. The highest BCUT2D eigenvalue weighted by Crippen LogP contribution is 2.24. The minimum atomic E-state index is 0.540. The molecule has 7 nitrogen and oxygen atoms in total. The highest BCUT2D eigenvalue weighted by atomic mass is 15.5. The van der Waals surface area contributed by atoms with Crippen molar-refractivity contribution in [2.24, 2.45) is 0 Å². The normalized spacial score (nSPS) is 15.3. The van der Waals surface area contributed by atoms with E-state index >= 15 is 0 Å². The molecule has 0 radical (unpaired) electrons. The van der Waals surface area contributed by atoms with Gasteiger partial charge in [-0.3, -0.25) is 0 Å². The smallest absolute Gasteiger partial charge is 0.197 e. The van der Waals surface area contributed by atoms with Crippen molar-refractivity contribution in [1.82, 2.24) is 30.9 Å². The van der Waals surface area contributed by atoms with Crippen LogP contribution in [0.2, 0.25) is 0 Å². The molecule has 27 heavy (non-hydrogen) atoms. The van der Waals surface area contributed by atoms with Crippen molar-refractivity contribution < 1.29 is 0 Å². The molecule has 4 rings (SSSR count). The standard InChI is InChI=1S/C20H23N7/c1-27(17-10-12-21-13-11-17)20-7-3-6-18(22-20)16-5-2-4-15(14-16)8-9-19-23-25-26-24-19/h2-9,14,17,21H,10-13H2,1H3,(H,23,24,25,26). The molecule has 0 bridgehead atoms. The fourth-order valence-corrected chi connectivity index (χ4v) is 3.37. The van der Waals surface area contributed by atoms with E-state index in [2.05, 4.69) is 68.2 Å². The van der Waals surface area contributed by atoms with E-state index < -0.39 is 0 Å². The van der Waals surface area contributed by atoms with Gasteiger partial charge in [0, 0.05) is 18.7 Å². The Hall–Kier alpha value is -3.06. The van der Waals surface area contributed by atoms with Gasteiger partial charge < -0.3 is 10.2 Å². The van der Waals surface area contributed by atoms with E-state index in [1.807, 2.05) is 24.3 Å². The van der Waals surface area contributed by atoms with Crippen LogP contribution in [-0.4, -0.2) is 51.8 Å². The molecular weight excluding hydrogens is 338 g/mol. The first-order valence-electron chi connectivity index (χ1n) is 9.22. The second-order valence-corrected chi connectivity index (χ2v) is 6.70. The number of rotatable bonds is 5.